The van der Waals surface area contributed by atoms with Crippen molar-refractivity contribution in [3.05, 3.63) is 0 Å². The van der Waals surface area contributed by atoms with Crippen molar-refractivity contribution in [3.63, 3.8) is 0 Å². The summed E-state index contributed by atoms with van der Waals surface area (Å²) in [6, 6.07) is 0. The molecule has 0 aromatic carbocycles. The molecule has 0 rings (SSSR count). The molecule has 0 amide bonds. The molecule has 0 N–H and O–H groups in total. The van der Waals surface area contributed by atoms with Crippen LogP contribution in [0.25, 0.3) is 0 Å². The predicted octanol–water partition coefficient (Wildman–Crippen LogP) is 7.90. The van der Waals surface area contributed by atoms with Gasteiger partial charge in [-0.25, -0.2) is 0 Å². The van der Waals surface area contributed by atoms with E-state index in [-0.39, 0.29) is 9.93 Å². The SMILES string of the molecule is CCCCCCCCC(CCCCC(C)(C)Br)C(C)(C)OCC. The summed E-state index contributed by atoms with van der Waals surface area (Å²) in [7, 11) is 0. The number of unbranched alkanes of at least 4 members (excludes halogenated alkanes) is 6. The highest BCUT2D eigenvalue weighted by Crippen LogP contribution is 2.32. The normalized spacial score (nSPS) is 14.2. The molecular weight excluding hydrogens is 348 g/mol. The van der Waals surface area contributed by atoms with E-state index in [1.807, 2.05) is 0 Å². The van der Waals surface area contributed by atoms with Gasteiger partial charge in [0, 0.05) is 10.9 Å². The lowest BCUT2D eigenvalue weighted by Crippen LogP contribution is -2.34. The Morgan fingerprint density at radius 2 is 1.30 bits per heavy atom. The molecule has 1 nitrogen and oxygen atoms in total. The van der Waals surface area contributed by atoms with Crippen molar-refractivity contribution < 1.29 is 4.74 Å². The summed E-state index contributed by atoms with van der Waals surface area (Å²) in [6.45, 7) is 14.4. The summed E-state index contributed by atoms with van der Waals surface area (Å²) in [5, 5.41) is 0. The second kappa shape index (κ2) is 12.8. The minimum atomic E-state index is 0.0298. The minimum Gasteiger partial charge on any atom is -0.376 e. The zero-order chi connectivity index (χ0) is 17.8. The van der Waals surface area contributed by atoms with Gasteiger partial charge in [-0.2, -0.15) is 0 Å². The van der Waals surface area contributed by atoms with Gasteiger partial charge in [-0.15, -0.1) is 0 Å². The molecule has 0 aliphatic heterocycles. The molecule has 0 saturated heterocycles. The van der Waals surface area contributed by atoms with E-state index < -0.39 is 0 Å². The van der Waals surface area contributed by atoms with Crippen molar-refractivity contribution in [2.24, 2.45) is 5.92 Å². The van der Waals surface area contributed by atoms with Crippen molar-refractivity contribution in [2.45, 2.75) is 122 Å². The van der Waals surface area contributed by atoms with E-state index in [1.165, 1.54) is 70.6 Å². The minimum absolute atomic E-state index is 0.0298. The Morgan fingerprint density at radius 1 is 0.783 bits per heavy atom. The maximum atomic E-state index is 6.08. The fourth-order valence-electron chi connectivity index (χ4n) is 3.44. The molecule has 0 bridgehead atoms. The first-order chi connectivity index (χ1) is 10.7. The number of alkyl halides is 1. The molecule has 23 heavy (non-hydrogen) atoms. The summed E-state index contributed by atoms with van der Waals surface area (Å²) in [5.41, 5.74) is 0.0298. The van der Waals surface area contributed by atoms with Crippen LogP contribution in [-0.2, 0) is 4.74 Å². The first-order valence-electron chi connectivity index (χ1n) is 10.1. The molecule has 1 atom stereocenters. The van der Waals surface area contributed by atoms with E-state index >= 15 is 0 Å². The molecule has 0 heterocycles. The summed E-state index contributed by atoms with van der Waals surface area (Å²) >= 11 is 3.76. The molecule has 0 aliphatic rings. The summed E-state index contributed by atoms with van der Waals surface area (Å²) in [5.74, 6) is 0.701. The van der Waals surface area contributed by atoms with Crippen molar-refractivity contribution >= 4 is 15.9 Å². The smallest absolute Gasteiger partial charge is 0.0654 e. The van der Waals surface area contributed by atoms with Crippen LogP contribution in [0, 0.1) is 5.92 Å². The summed E-state index contributed by atoms with van der Waals surface area (Å²) < 4.78 is 6.36. The topological polar surface area (TPSA) is 9.23 Å². The van der Waals surface area contributed by atoms with E-state index in [0.29, 0.717) is 5.92 Å². The van der Waals surface area contributed by atoms with E-state index in [9.17, 15) is 0 Å². The predicted molar refractivity (Wildman–Crippen MR) is 109 cm³/mol. The Morgan fingerprint density at radius 3 is 1.83 bits per heavy atom. The van der Waals surface area contributed by atoms with Gasteiger partial charge in [0.15, 0.2) is 0 Å². The molecule has 0 fully saturated rings. The molecule has 1 unspecified atom stereocenters. The third kappa shape index (κ3) is 13.4. The third-order valence-electron chi connectivity index (χ3n) is 4.98. The van der Waals surface area contributed by atoms with Crippen molar-refractivity contribution in [1.82, 2.24) is 0 Å². The van der Waals surface area contributed by atoms with Crippen LogP contribution < -0.4 is 0 Å². The Hall–Kier alpha value is 0.440. The molecule has 0 aromatic heterocycles. The molecular formula is C21H43BrO. The largest absolute Gasteiger partial charge is 0.376 e. The second-order valence-electron chi connectivity index (χ2n) is 8.25. The highest BCUT2D eigenvalue weighted by atomic mass is 79.9. The molecule has 2 heteroatoms. The van der Waals surface area contributed by atoms with Gasteiger partial charge in [0.2, 0.25) is 0 Å². The number of halogens is 1. The van der Waals surface area contributed by atoms with Crippen LogP contribution >= 0.6 is 15.9 Å². The number of hydrogen-bond acceptors (Lipinski definition) is 1. The Balaban J connectivity index is 4.19. The lowest BCUT2D eigenvalue weighted by atomic mass is 9.82. The zero-order valence-electron chi connectivity index (χ0n) is 16.8. The Bertz CT molecular complexity index is 268. The first kappa shape index (κ1) is 23.4. The summed E-state index contributed by atoms with van der Waals surface area (Å²) in [6.07, 6.45) is 14.9. The Labute approximate surface area is 155 Å². The number of hydrogen-bond donors (Lipinski definition) is 0. The molecule has 0 saturated carbocycles. The van der Waals surface area contributed by atoms with Crippen LogP contribution in [0.5, 0.6) is 0 Å². The van der Waals surface area contributed by atoms with E-state index in [4.69, 9.17) is 4.74 Å². The van der Waals surface area contributed by atoms with Gasteiger partial charge in [0.25, 0.3) is 0 Å². The van der Waals surface area contributed by atoms with Crippen LogP contribution in [0.1, 0.15) is 112 Å². The molecule has 0 radical (unpaired) electrons. The van der Waals surface area contributed by atoms with Crippen LogP contribution in [0.4, 0.5) is 0 Å². The first-order valence-corrected chi connectivity index (χ1v) is 10.8. The molecule has 140 valence electrons. The third-order valence-corrected chi connectivity index (χ3v) is 5.38. The van der Waals surface area contributed by atoms with Gasteiger partial charge in [-0.1, -0.05) is 88.1 Å². The average molecular weight is 391 g/mol. The Kier molecular flexibility index (Phi) is 13.0. The van der Waals surface area contributed by atoms with E-state index in [0.717, 1.165) is 6.61 Å². The van der Waals surface area contributed by atoms with Gasteiger partial charge in [-0.3, -0.25) is 0 Å². The molecule has 0 aliphatic carbocycles. The van der Waals surface area contributed by atoms with Crippen LogP contribution in [0.3, 0.4) is 0 Å². The van der Waals surface area contributed by atoms with Crippen LogP contribution in [0.2, 0.25) is 0 Å². The van der Waals surface area contributed by atoms with Crippen LogP contribution in [-0.4, -0.2) is 16.5 Å². The highest BCUT2D eigenvalue weighted by molar-refractivity contribution is 9.10. The van der Waals surface area contributed by atoms with Crippen molar-refractivity contribution in [3.8, 4) is 0 Å². The van der Waals surface area contributed by atoms with Gasteiger partial charge >= 0.3 is 0 Å². The van der Waals surface area contributed by atoms with Crippen molar-refractivity contribution in [2.75, 3.05) is 6.61 Å². The number of rotatable bonds is 15. The average Bonchev–Trinajstić information content (AvgIpc) is 2.43. The van der Waals surface area contributed by atoms with Crippen LogP contribution in [0.15, 0.2) is 0 Å². The fraction of sp³-hybridized carbons (Fsp3) is 1.00. The van der Waals surface area contributed by atoms with Gasteiger partial charge in [-0.05, 0) is 46.0 Å². The maximum Gasteiger partial charge on any atom is 0.0654 e. The monoisotopic (exact) mass is 390 g/mol. The van der Waals surface area contributed by atoms with E-state index in [2.05, 4.69) is 57.5 Å². The van der Waals surface area contributed by atoms with Crippen molar-refractivity contribution in [1.29, 1.82) is 0 Å². The lowest BCUT2D eigenvalue weighted by molar-refractivity contribution is -0.0605. The zero-order valence-corrected chi connectivity index (χ0v) is 18.4. The molecule has 0 spiro atoms. The lowest BCUT2D eigenvalue weighted by Gasteiger charge is -2.35. The highest BCUT2D eigenvalue weighted by Gasteiger charge is 2.29. The van der Waals surface area contributed by atoms with Gasteiger partial charge in [0.1, 0.15) is 0 Å². The summed E-state index contributed by atoms with van der Waals surface area (Å²) in [4.78, 5) is 0. The molecule has 0 aromatic rings. The van der Waals surface area contributed by atoms with Gasteiger partial charge in [0.05, 0.1) is 5.60 Å². The van der Waals surface area contributed by atoms with E-state index in [1.54, 1.807) is 0 Å². The maximum absolute atomic E-state index is 6.08. The van der Waals surface area contributed by atoms with Gasteiger partial charge < -0.3 is 4.74 Å². The quantitative estimate of drug-likeness (QED) is 0.204. The number of ether oxygens (including phenoxy) is 1. The fourth-order valence-corrected chi connectivity index (χ4v) is 3.72. The second-order valence-corrected chi connectivity index (χ2v) is 10.4. The standard InChI is InChI=1S/C21H43BrO/c1-7-9-10-11-12-13-16-19(21(5,6)23-8-2)17-14-15-18-20(3,4)22/h19H,7-18H2,1-6H3.